The van der Waals surface area contributed by atoms with Crippen molar-refractivity contribution >= 4 is 50.6 Å². The van der Waals surface area contributed by atoms with Gasteiger partial charge in [0.15, 0.2) is 10.3 Å². The maximum Gasteiger partial charge on any atom is 0.232 e. The summed E-state index contributed by atoms with van der Waals surface area (Å²) in [5.41, 5.74) is 6.22. The summed E-state index contributed by atoms with van der Waals surface area (Å²) in [4.78, 5) is 24.6. The lowest BCUT2D eigenvalue weighted by Crippen LogP contribution is -2.14. The zero-order valence-electron chi connectivity index (χ0n) is 13.7. The molecule has 3 N–H and O–H groups in total. The van der Waals surface area contributed by atoms with Gasteiger partial charge in [-0.3, -0.25) is 4.79 Å². The molecule has 1 amide bonds. The van der Waals surface area contributed by atoms with Gasteiger partial charge in [0, 0.05) is 11.3 Å². The van der Waals surface area contributed by atoms with Gasteiger partial charge in [0.25, 0.3) is 0 Å². The molecule has 0 saturated heterocycles. The second-order valence-corrected chi connectivity index (χ2v) is 8.68. The summed E-state index contributed by atoms with van der Waals surface area (Å²) in [6.07, 6.45) is 3.69. The van der Waals surface area contributed by atoms with Crippen LogP contribution in [0.5, 0.6) is 0 Å². The van der Waals surface area contributed by atoms with Crippen LogP contribution in [0.3, 0.4) is 0 Å². The molecule has 0 saturated carbocycles. The Bertz CT molecular complexity index is 855. The molecular formula is C15H17N5O2S3. The van der Waals surface area contributed by atoms with Crippen LogP contribution in [0.15, 0.2) is 26.4 Å². The molecular weight excluding hydrogens is 378 g/mol. The third-order valence-corrected chi connectivity index (χ3v) is 5.94. The molecule has 7 nitrogen and oxygen atoms in total. The smallest absolute Gasteiger partial charge is 0.232 e. The Morgan fingerprint density at radius 2 is 2.24 bits per heavy atom. The third-order valence-electron chi connectivity index (χ3n) is 3.12. The number of rotatable bonds is 7. The Hall–Kier alpha value is -1.91. The number of thioether (sulfide) groups is 1. The number of nitrogens with one attached hydrogen (secondary N) is 1. The van der Waals surface area contributed by atoms with E-state index in [4.69, 9.17) is 10.2 Å². The average Bonchev–Trinajstić information content (AvgIpc) is 3.26. The highest BCUT2D eigenvalue weighted by molar-refractivity contribution is 8.00. The maximum absolute atomic E-state index is 12.0. The third kappa shape index (κ3) is 5.03. The quantitative estimate of drug-likeness (QED) is 0.586. The monoisotopic (exact) mass is 395 g/mol. The highest BCUT2D eigenvalue weighted by Crippen LogP contribution is 2.31. The molecule has 25 heavy (non-hydrogen) atoms. The molecule has 132 valence electrons. The minimum Gasteiger partial charge on any atom is -0.445 e. The lowest BCUT2D eigenvalue weighted by atomic mass is 10.2. The summed E-state index contributed by atoms with van der Waals surface area (Å²) in [5.74, 6) is 2.36. The number of nitrogens with zero attached hydrogens (tertiary/aromatic N) is 3. The van der Waals surface area contributed by atoms with Crippen molar-refractivity contribution in [2.24, 2.45) is 0 Å². The lowest BCUT2D eigenvalue weighted by molar-refractivity contribution is -0.115. The maximum atomic E-state index is 12.0. The Balaban J connectivity index is 1.50. The minimum absolute atomic E-state index is 0.162. The van der Waals surface area contributed by atoms with Gasteiger partial charge in [-0.1, -0.05) is 25.2 Å². The first-order chi connectivity index (χ1) is 12.0. The van der Waals surface area contributed by atoms with E-state index in [-0.39, 0.29) is 12.3 Å². The van der Waals surface area contributed by atoms with E-state index >= 15 is 0 Å². The molecule has 0 radical (unpaired) electrons. The number of hydrogen-bond acceptors (Lipinski definition) is 9. The van der Waals surface area contributed by atoms with Crippen molar-refractivity contribution in [1.29, 1.82) is 0 Å². The molecule has 0 atom stereocenters. The topological polar surface area (TPSA) is 107 Å². The first-order valence-corrected chi connectivity index (χ1v) is 10.2. The van der Waals surface area contributed by atoms with Crippen molar-refractivity contribution in [3.63, 3.8) is 0 Å². The number of amides is 1. The fourth-order valence-corrected chi connectivity index (χ4v) is 4.21. The van der Waals surface area contributed by atoms with Crippen molar-refractivity contribution < 1.29 is 9.21 Å². The molecule has 10 heteroatoms. The summed E-state index contributed by atoms with van der Waals surface area (Å²) in [5, 5.41) is 5.58. The van der Waals surface area contributed by atoms with E-state index in [2.05, 4.69) is 34.1 Å². The van der Waals surface area contributed by atoms with E-state index < -0.39 is 0 Å². The minimum atomic E-state index is -0.162. The van der Waals surface area contributed by atoms with Crippen molar-refractivity contribution in [2.45, 2.75) is 36.1 Å². The van der Waals surface area contributed by atoms with E-state index in [0.29, 0.717) is 33.5 Å². The van der Waals surface area contributed by atoms with Crippen LogP contribution in [0.4, 0.5) is 10.3 Å². The van der Waals surface area contributed by atoms with Crippen molar-refractivity contribution in [1.82, 2.24) is 15.0 Å². The highest BCUT2D eigenvalue weighted by Gasteiger charge is 2.12. The van der Waals surface area contributed by atoms with Gasteiger partial charge < -0.3 is 15.5 Å². The molecule has 3 aromatic heterocycles. The Labute approximate surface area is 157 Å². The summed E-state index contributed by atoms with van der Waals surface area (Å²) in [6, 6.07) is 0. The van der Waals surface area contributed by atoms with Gasteiger partial charge in [0.1, 0.15) is 5.76 Å². The molecule has 3 aromatic rings. The largest absolute Gasteiger partial charge is 0.445 e. The van der Waals surface area contributed by atoms with Crippen LogP contribution >= 0.6 is 34.4 Å². The van der Waals surface area contributed by atoms with Crippen LogP contribution in [0.25, 0.3) is 0 Å². The number of nitrogen functional groups attached to an aromatic ring is 1. The molecule has 3 heterocycles. The van der Waals surface area contributed by atoms with Gasteiger partial charge in [0.05, 0.1) is 34.5 Å². The molecule has 0 aliphatic rings. The van der Waals surface area contributed by atoms with E-state index in [1.54, 1.807) is 29.5 Å². The van der Waals surface area contributed by atoms with Gasteiger partial charge in [0.2, 0.25) is 11.8 Å². The fourth-order valence-electron chi connectivity index (χ4n) is 1.91. The molecule has 3 rings (SSSR count). The van der Waals surface area contributed by atoms with E-state index in [0.717, 1.165) is 9.97 Å². The number of thiazole rings is 2. The standard InChI is InChI=1S/C15H17N5O2S3/c1-8(2)10-4-17-12(22-10)7-23-13-5-18-15(25-13)20-11(21)3-9-6-24-14(16)19-9/h4-6,8H,3,7H2,1-2H3,(H2,16,19)(H,18,20,21). The summed E-state index contributed by atoms with van der Waals surface area (Å²) in [7, 11) is 0. The van der Waals surface area contributed by atoms with E-state index in [9.17, 15) is 4.79 Å². The van der Waals surface area contributed by atoms with Gasteiger partial charge in [-0.25, -0.2) is 15.0 Å². The highest BCUT2D eigenvalue weighted by atomic mass is 32.2. The van der Waals surface area contributed by atoms with Gasteiger partial charge in [-0.2, -0.15) is 0 Å². The predicted molar refractivity (Wildman–Crippen MR) is 101 cm³/mol. The van der Waals surface area contributed by atoms with E-state index in [1.165, 1.54) is 22.7 Å². The van der Waals surface area contributed by atoms with Gasteiger partial charge in [-0.05, 0) is 0 Å². The van der Waals surface area contributed by atoms with Crippen molar-refractivity contribution in [3.8, 4) is 0 Å². The number of carbonyl (C=O) groups is 1. The van der Waals surface area contributed by atoms with Crippen LogP contribution in [-0.2, 0) is 17.0 Å². The van der Waals surface area contributed by atoms with Crippen LogP contribution in [-0.4, -0.2) is 20.9 Å². The Kier molecular flexibility index (Phi) is 5.71. The summed E-state index contributed by atoms with van der Waals surface area (Å²) in [6.45, 7) is 4.13. The average molecular weight is 396 g/mol. The summed E-state index contributed by atoms with van der Waals surface area (Å²) >= 11 is 4.31. The second-order valence-electron chi connectivity index (χ2n) is 5.49. The van der Waals surface area contributed by atoms with Crippen LogP contribution < -0.4 is 11.1 Å². The number of hydrogen-bond donors (Lipinski definition) is 2. The van der Waals surface area contributed by atoms with Crippen molar-refractivity contribution in [2.75, 3.05) is 11.1 Å². The Morgan fingerprint density at radius 1 is 1.40 bits per heavy atom. The molecule has 0 aromatic carbocycles. The number of oxazole rings is 1. The first-order valence-electron chi connectivity index (χ1n) is 7.52. The summed E-state index contributed by atoms with van der Waals surface area (Å²) < 4.78 is 6.66. The SMILES string of the molecule is CC(C)c1cnc(CSc2cnc(NC(=O)Cc3csc(N)n3)s2)o1. The van der Waals surface area contributed by atoms with Gasteiger partial charge >= 0.3 is 0 Å². The molecule has 0 fully saturated rings. The zero-order chi connectivity index (χ0) is 17.8. The Morgan fingerprint density at radius 3 is 2.92 bits per heavy atom. The molecule has 0 spiro atoms. The first kappa shape index (κ1) is 17.9. The number of aromatic nitrogens is 3. The van der Waals surface area contributed by atoms with E-state index in [1.807, 2.05) is 0 Å². The zero-order valence-corrected chi connectivity index (χ0v) is 16.1. The van der Waals surface area contributed by atoms with Crippen molar-refractivity contribution in [3.05, 3.63) is 35.1 Å². The fraction of sp³-hybridized carbons (Fsp3) is 0.333. The van der Waals surface area contributed by atoms with Crippen LogP contribution in [0, 0.1) is 0 Å². The lowest BCUT2D eigenvalue weighted by Gasteiger charge is -1.99. The van der Waals surface area contributed by atoms with Crippen LogP contribution in [0.1, 0.15) is 37.1 Å². The predicted octanol–water partition coefficient (Wildman–Crippen LogP) is 3.77. The molecule has 0 unspecified atom stereocenters. The van der Waals surface area contributed by atoms with Gasteiger partial charge in [-0.15, -0.1) is 23.1 Å². The normalized spacial score (nSPS) is 11.2. The second kappa shape index (κ2) is 7.98. The number of nitrogens with two attached hydrogens (primary N) is 1. The molecule has 0 bridgehead atoms. The molecule has 0 aliphatic heterocycles. The molecule has 0 aliphatic carbocycles. The number of carbonyl (C=O) groups excluding carboxylic acids is 1. The van der Waals surface area contributed by atoms with Crippen LogP contribution in [0.2, 0.25) is 0 Å². The number of anilines is 2.